The minimum atomic E-state index is -0.614. The number of pyridine rings is 1. The molecule has 12 heteroatoms. The number of aryl methyl sites for hydroxylation is 1. The molecule has 3 aliphatic rings. The number of hydrogen-bond donors (Lipinski definition) is 1. The summed E-state index contributed by atoms with van der Waals surface area (Å²) < 4.78 is 12.3. The Morgan fingerprint density at radius 1 is 1.29 bits per heavy atom. The van der Waals surface area contributed by atoms with Crippen LogP contribution in [0.4, 0.5) is 10.8 Å². The van der Waals surface area contributed by atoms with Gasteiger partial charge in [-0.15, -0.1) is 11.3 Å². The molecule has 3 aromatic rings. The van der Waals surface area contributed by atoms with Crippen molar-refractivity contribution in [2.75, 3.05) is 56.9 Å². The van der Waals surface area contributed by atoms with Crippen LogP contribution in [0.3, 0.4) is 0 Å². The van der Waals surface area contributed by atoms with Crippen LogP contribution in [0.2, 0.25) is 0 Å². The zero-order valence-corrected chi connectivity index (χ0v) is 24.2. The zero-order valence-electron chi connectivity index (χ0n) is 23.4. The third kappa shape index (κ3) is 5.04. The number of carbonyl (C=O) groups is 1. The summed E-state index contributed by atoms with van der Waals surface area (Å²) in [5, 5.41) is 14.7. The molecule has 0 bridgehead atoms. The van der Waals surface area contributed by atoms with Gasteiger partial charge in [-0.25, -0.2) is 4.98 Å². The number of likely N-dealkylation sites (N-methyl/N-ethyl adjacent to an activating group) is 1. The number of fused-ring (bicyclic) bond motifs is 1. The van der Waals surface area contributed by atoms with Crippen LogP contribution in [-0.4, -0.2) is 83.3 Å². The number of aromatic nitrogens is 3. The van der Waals surface area contributed by atoms with Gasteiger partial charge >= 0.3 is 0 Å². The second-order valence-corrected chi connectivity index (χ2v) is 12.4. The number of thiophene rings is 1. The van der Waals surface area contributed by atoms with Crippen molar-refractivity contribution < 1.29 is 14.1 Å². The van der Waals surface area contributed by atoms with Crippen molar-refractivity contribution in [2.45, 2.75) is 44.1 Å². The highest BCUT2D eigenvalue weighted by Crippen LogP contribution is 2.48. The van der Waals surface area contributed by atoms with Gasteiger partial charge in [0.1, 0.15) is 34.4 Å². The molecule has 1 amide bonds. The molecule has 2 atom stereocenters. The SMILES string of the molecule is C=CC(=O)N1CC[C@H](Oc2cc(-c3noc(C4(C)CCCc5sc(N)c(C#N)c54)n3)nc(N3CCN(C)CC3)c2)C1. The van der Waals surface area contributed by atoms with E-state index in [4.69, 9.17) is 25.0 Å². The van der Waals surface area contributed by atoms with Crippen LogP contribution in [0.25, 0.3) is 11.5 Å². The van der Waals surface area contributed by atoms with E-state index in [0.29, 0.717) is 46.8 Å². The molecule has 5 heterocycles. The molecule has 2 saturated heterocycles. The van der Waals surface area contributed by atoms with Crippen molar-refractivity contribution in [3.8, 4) is 23.3 Å². The molecule has 214 valence electrons. The lowest BCUT2D eigenvalue weighted by atomic mass is 9.72. The average molecular weight is 575 g/mol. The van der Waals surface area contributed by atoms with Gasteiger partial charge in [0.2, 0.25) is 17.6 Å². The molecule has 2 N–H and O–H groups in total. The van der Waals surface area contributed by atoms with Crippen LogP contribution in [0.15, 0.2) is 29.3 Å². The van der Waals surface area contributed by atoms with E-state index in [2.05, 4.69) is 34.7 Å². The molecule has 6 rings (SSSR count). The molecule has 1 aliphatic carbocycles. The molecule has 11 nitrogen and oxygen atoms in total. The second-order valence-electron chi connectivity index (χ2n) is 11.2. The minimum Gasteiger partial charge on any atom is -0.488 e. The minimum absolute atomic E-state index is 0.0877. The molecule has 1 unspecified atom stereocenters. The second kappa shape index (κ2) is 10.8. The van der Waals surface area contributed by atoms with E-state index < -0.39 is 5.41 Å². The Morgan fingerprint density at radius 2 is 2.10 bits per heavy atom. The fourth-order valence-electron chi connectivity index (χ4n) is 6.08. The summed E-state index contributed by atoms with van der Waals surface area (Å²) in [7, 11) is 2.11. The monoisotopic (exact) mass is 574 g/mol. The fraction of sp³-hybridized carbons (Fsp3) is 0.483. The van der Waals surface area contributed by atoms with Crippen LogP contribution in [-0.2, 0) is 16.6 Å². The Morgan fingerprint density at radius 3 is 2.85 bits per heavy atom. The third-order valence-electron chi connectivity index (χ3n) is 8.43. The Labute approximate surface area is 243 Å². The first kappa shape index (κ1) is 27.2. The first-order chi connectivity index (χ1) is 19.8. The lowest BCUT2D eigenvalue weighted by Gasteiger charge is -2.33. The van der Waals surface area contributed by atoms with Crippen molar-refractivity contribution in [3.63, 3.8) is 0 Å². The number of anilines is 2. The molecule has 0 radical (unpaired) electrons. The van der Waals surface area contributed by atoms with Gasteiger partial charge in [-0.3, -0.25) is 4.79 Å². The maximum atomic E-state index is 12.1. The van der Waals surface area contributed by atoms with E-state index in [1.807, 2.05) is 19.1 Å². The fourth-order valence-corrected chi connectivity index (χ4v) is 7.27. The first-order valence-corrected chi connectivity index (χ1v) is 14.8. The van der Waals surface area contributed by atoms with Gasteiger partial charge in [0.25, 0.3) is 0 Å². The zero-order chi connectivity index (χ0) is 28.7. The summed E-state index contributed by atoms with van der Waals surface area (Å²) in [5.41, 5.74) is 7.57. The van der Waals surface area contributed by atoms with Gasteiger partial charge in [0.05, 0.1) is 17.5 Å². The number of nitrogens with two attached hydrogens (primary N) is 1. The topological polar surface area (TPSA) is 138 Å². The highest BCUT2D eigenvalue weighted by molar-refractivity contribution is 7.16. The lowest BCUT2D eigenvalue weighted by Crippen LogP contribution is -2.44. The van der Waals surface area contributed by atoms with Crippen LogP contribution >= 0.6 is 11.3 Å². The molecular weight excluding hydrogens is 540 g/mol. The van der Waals surface area contributed by atoms with Gasteiger partial charge in [0, 0.05) is 61.7 Å². The number of amides is 1. The summed E-state index contributed by atoms with van der Waals surface area (Å²) >= 11 is 1.48. The molecule has 0 saturated carbocycles. The van der Waals surface area contributed by atoms with Crippen LogP contribution in [0.1, 0.15) is 48.1 Å². The number of ether oxygens (including phenoxy) is 1. The van der Waals surface area contributed by atoms with Gasteiger partial charge in [-0.1, -0.05) is 11.7 Å². The number of hydrogen-bond acceptors (Lipinski definition) is 11. The van der Waals surface area contributed by atoms with E-state index in [0.717, 1.165) is 68.1 Å². The van der Waals surface area contributed by atoms with E-state index in [9.17, 15) is 10.1 Å². The van der Waals surface area contributed by atoms with E-state index in [1.165, 1.54) is 17.4 Å². The van der Waals surface area contributed by atoms with Crippen molar-refractivity contribution in [1.82, 2.24) is 24.9 Å². The van der Waals surface area contributed by atoms with Crippen LogP contribution in [0, 0.1) is 11.3 Å². The highest BCUT2D eigenvalue weighted by Gasteiger charge is 2.43. The number of nitrogens with zero attached hydrogens (tertiary/aromatic N) is 7. The van der Waals surface area contributed by atoms with Gasteiger partial charge in [-0.05, 0) is 39.3 Å². The predicted octanol–water partition coefficient (Wildman–Crippen LogP) is 3.21. The summed E-state index contributed by atoms with van der Waals surface area (Å²) in [6.45, 7) is 10.3. The van der Waals surface area contributed by atoms with Crippen LogP contribution < -0.4 is 15.4 Å². The maximum Gasteiger partial charge on any atom is 0.246 e. The van der Waals surface area contributed by atoms with E-state index in [1.54, 1.807) is 4.90 Å². The standard InChI is InChI=1S/C29H34N8O3S/c1-4-24(38)37-9-7-18(17-37)39-19-14-21(32-23(15-19)36-12-10-35(3)11-13-36)27-33-28(40-34-27)29(2)8-5-6-22-25(29)20(16-30)26(31)41-22/h4,14-15,18H,1,5-13,17,31H2,2-3H3/t18-,29?/m0/s1. The molecule has 0 aromatic carbocycles. The van der Waals surface area contributed by atoms with E-state index in [-0.39, 0.29) is 12.0 Å². The molecule has 3 aromatic heterocycles. The highest BCUT2D eigenvalue weighted by atomic mass is 32.1. The van der Waals surface area contributed by atoms with Gasteiger partial charge in [-0.2, -0.15) is 10.2 Å². The summed E-state index contributed by atoms with van der Waals surface area (Å²) in [6, 6.07) is 6.09. The van der Waals surface area contributed by atoms with Crippen LogP contribution in [0.5, 0.6) is 5.75 Å². The van der Waals surface area contributed by atoms with Gasteiger partial charge in [0.15, 0.2) is 0 Å². The Kier molecular flexibility index (Phi) is 7.17. The quantitative estimate of drug-likeness (QED) is 0.437. The number of piperazine rings is 1. The molecule has 2 fully saturated rings. The van der Waals surface area contributed by atoms with Crippen molar-refractivity contribution >= 4 is 28.1 Å². The number of nitrogen functional groups attached to an aromatic ring is 1. The predicted molar refractivity (Wildman–Crippen MR) is 156 cm³/mol. The maximum absolute atomic E-state index is 12.1. The Balaban J connectivity index is 1.34. The number of carbonyl (C=O) groups excluding carboxylic acids is 1. The van der Waals surface area contributed by atoms with Gasteiger partial charge < -0.3 is 29.7 Å². The molecular formula is C29H34N8O3S. The van der Waals surface area contributed by atoms with Crippen molar-refractivity contribution in [2.24, 2.45) is 0 Å². The summed E-state index contributed by atoms with van der Waals surface area (Å²) in [5.74, 6) is 2.17. The van der Waals surface area contributed by atoms with Crippen molar-refractivity contribution in [1.29, 1.82) is 5.26 Å². The third-order valence-corrected chi connectivity index (χ3v) is 9.51. The Hall–Kier alpha value is -3.95. The molecule has 2 aliphatic heterocycles. The summed E-state index contributed by atoms with van der Waals surface area (Å²) in [6.07, 6.45) is 4.54. The molecule has 41 heavy (non-hydrogen) atoms. The van der Waals surface area contributed by atoms with Crippen molar-refractivity contribution in [3.05, 3.63) is 46.7 Å². The van der Waals surface area contributed by atoms with E-state index >= 15 is 0 Å². The first-order valence-electron chi connectivity index (χ1n) is 14.0. The number of nitriles is 1. The summed E-state index contributed by atoms with van der Waals surface area (Å²) in [4.78, 5) is 29.3. The lowest BCUT2D eigenvalue weighted by molar-refractivity contribution is -0.125. The number of likely N-dealkylation sites (tertiary alicyclic amines) is 1. The Bertz CT molecular complexity index is 1520. The smallest absolute Gasteiger partial charge is 0.246 e. The average Bonchev–Trinajstić information content (AvgIpc) is 3.72. The number of rotatable bonds is 6. The molecule has 0 spiro atoms. The normalized spacial score (nSPS) is 22.8. The largest absolute Gasteiger partial charge is 0.488 e.